The van der Waals surface area contributed by atoms with Crippen molar-refractivity contribution < 1.29 is 19.1 Å². The van der Waals surface area contributed by atoms with Gasteiger partial charge in [0.15, 0.2) is 0 Å². The van der Waals surface area contributed by atoms with Crippen LogP contribution in [0.3, 0.4) is 0 Å². The monoisotopic (exact) mass is 507 g/mol. The number of hydrogen-bond donors (Lipinski definition) is 1. The Hall–Kier alpha value is -4.82. The topological polar surface area (TPSA) is 94.2 Å². The number of nitrogens with zero attached hydrogens (tertiary/aromatic N) is 3. The smallest absolute Gasteiger partial charge is 0.391 e. The number of aromatic amines is 1. The van der Waals surface area contributed by atoms with Crippen molar-refractivity contribution in [2.75, 3.05) is 28.3 Å². The van der Waals surface area contributed by atoms with E-state index in [1.165, 1.54) is 6.20 Å². The average molecular weight is 508 g/mol. The van der Waals surface area contributed by atoms with Gasteiger partial charge in [-0.2, -0.15) is 0 Å². The molecule has 0 fully saturated rings. The number of quaternary nitrogens is 1. The molecule has 0 radical (unpaired) electrons. The summed E-state index contributed by atoms with van der Waals surface area (Å²) >= 11 is 0. The minimum atomic E-state index is -0.627. The van der Waals surface area contributed by atoms with E-state index in [2.05, 4.69) is 15.0 Å². The molecular weight excluding hydrogens is 480 g/mol. The average Bonchev–Trinajstić information content (AvgIpc) is 3.40. The molecule has 2 aromatic carbocycles. The second kappa shape index (κ2) is 9.91. The molecule has 5 aromatic rings. The predicted molar refractivity (Wildman–Crippen MR) is 147 cm³/mol. The highest BCUT2D eigenvalue weighted by molar-refractivity contribution is 6.45. The number of rotatable bonds is 7. The third kappa shape index (κ3) is 4.21. The summed E-state index contributed by atoms with van der Waals surface area (Å²) < 4.78 is 11.2. The first-order valence-corrected chi connectivity index (χ1v) is 12.0. The van der Waals surface area contributed by atoms with Crippen LogP contribution in [0.15, 0.2) is 85.5 Å². The molecule has 0 unspecified atom stereocenters. The first-order chi connectivity index (χ1) is 18.4. The summed E-state index contributed by atoms with van der Waals surface area (Å²) in [6, 6.07) is 18.5. The molecule has 1 N–H and O–H groups in total. The lowest BCUT2D eigenvalue weighted by atomic mass is 9.99. The molecule has 1 amide bonds. The second-order valence-electron chi connectivity index (χ2n) is 9.22. The van der Waals surface area contributed by atoms with Crippen molar-refractivity contribution in [3.63, 3.8) is 0 Å². The molecule has 0 saturated heterocycles. The maximum Gasteiger partial charge on any atom is 0.391 e. The fourth-order valence-corrected chi connectivity index (χ4v) is 4.57. The van der Waals surface area contributed by atoms with Crippen LogP contribution in [0.1, 0.15) is 10.4 Å². The van der Waals surface area contributed by atoms with E-state index in [1.807, 2.05) is 60.8 Å². The molecule has 8 heteroatoms. The van der Waals surface area contributed by atoms with Crippen molar-refractivity contribution >= 4 is 28.4 Å². The van der Waals surface area contributed by atoms with Gasteiger partial charge in [0.05, 0.1) is 39.3 Å². The molecule has 8 nitrogen and oxygen atoms in total. The summed E-state index contributed by atoms with van der Waals surface area (Å²) in [7, 11) is 6.60. The molecule has 0 aliphatic heterocycles. The summed E-state index contributed by atoms with van der Waals surface area (Å²) in [5, 5.41) is 0.768. The first kappa shape index (κ1) is 24.9. The first-order valence-electron chi connectivity index (χ1n) is 12.0. The number of carbonyl (C=O) groups excluding carboxylic acids is 2. The normalized spacial score (nSPS) is 11.4. The number of hydrogen-bond acceptors (Lipinski definition) is 6. The highest BCUT2D eigenvalue weighted by Crippen LogP contribution is 2.43. The van der Waals surface area contributed by atoms with E-state index in [0.717, 1.165) is 16.5 Å². The molecule has 0 atom stereocenters. The van der Waals surface area contributed by atoms with Crippen LogP contribution in [0, 0.1) is 0 Å². The van der Waals surface area contributed by atoms with E-state index in [1.54, 1.807) is 46.8 Å². The molecule has 5 rings (SSSR count). The van der Waals surface area contributed by atoms with Gasteiger partial charge in [-0.25, -0.2) is 14.3 Å². The number of methoxy groups -OCH3 is 2. The van der Waals surface area contributed by atoms with Crippen molar-refractivity contribution in [3.05, 3.63) is 91.0 Å². The lowest BCUT2D eigenvalue weighted by Crippen LogP contribution is -2.50. The number of carbonyl (C=O) groups is 2. The quantitative estimate of drug-likeness (QED) is 0.183. The number of para-hydroxylation sites is 2. The van der Waals surface area contributed by atoms with E-state index in [0.29, 0.717) is 34.0 Å². The van der Waals surface area contributed by atoms with Crippen LogP contribution in [-0.2, 0) is 4.79 Å². The Morgan fingerprint density at radius 3 is 2.32 bits per heavy atom. The Morgan fingerprint density at radius 2 is 1.58 bits per heavy atom. The number of benzene rings is 2. The van der Waals surface area contributed by atoms with Crippen LogP contribution in [0.4, 0.5) is 5.69 Å². The Kier molecular flexibility index (Phi) is 6.48. The Bertz CT molecular complexity index is 1660. The van der Waals surface area contributed by atoms with Crippen LogP contribution in [-0.4, -0.2) is 55.0 Å². The fraction of sp³-hybridized carbons (Fsp3) is 0.133. The standard InChI is InChI=1S/C30H27N4O4/c1-34(2,21-10-6-5-7-11-21)30(36)27(35)20-14-19(15-31-16-20)23-17-32-29-26(28(23)38-4)24(18-33-29)22-12-8-9-13-25(22)37-3/h5-18H,1-4H3,(H,32,33)/q+1. The van der Waals surface area contributed by atoms with Gasteiger partial charge in [0.25, 0.3) is 5.78 Å². The highest BCUT2D eigenvalue weighted by Gasteiger charge is 2.36. The van der Waals surface area contributed by atoms with Crippen LogP contribution in [0.2, 0.25) is 0 Å². The largest absolute Gasteiger partial charge is 0.496 e. The number of ketones is 1. The van der Waals surface area contributed by atoms with Crippen LogP contribution < -0.4 is 14.0 Å². The maximum absolute atomic E-state index is 13.3. The third-order valence-corrected chi connectivity index (χ3v) is 6.67. The van der Waals surface area contributed by atoms with Gasteiger partial charge in [-0.05, 0) is 24.3 Å². The van der Waals surface area contributed by atoms with E-state index in [9.17, 15) is 9.59 Å². The van der Waals surface area contributed by atoms with E-state index in [-0.39, 0.29) is 10.0 Å². The minimum Gasteiger partial charge on any atom is -0.496 e. The van der Waals surface area contributed by atoms with Gasteiger partial charge < -0.3 is 14.5 Å². The van der Waals surface area contributed by atoms with Gasteiger partial charge in [-0.1, -0.05) is 36.4 Å². The highest BCUT2D eigenvalue weighted by atomic mass is 16.5. The van der Waals surface area contributed by atoms with Crippen molar-refractivity contribution in [2.24, 2.45) is 0 Å². The number of aromatic nitrogens is 3. The number of pyridine rings is 2. The Balaban J connectivity index is 1.58. The number of ether oxygens (including phenoxy) is 2. The van der Waals surface area contributed by atoms with Gasteiger partial charge in [0, 0.05) is 47.0 Å². The molecule has 0 saturated carbocycles. The third-order valence-electron chi connectivity index (χ3n) is 6.67. The zero-order valence-corrected chi connectivity index (χ0v) is 21.6. The van der Waals surface area contributed by atoms with Gasteiger partial charge in [0.2, 0.25) is 0 Å². The molecule has 3 aromatic heterocycles. The summed E-state index contributed by atoms with van der Waals surface area (Å²) in [6.45, 7) is 0. The van der Waals surface area contributed by atoms with Gasteiger partial charge in [-0.15, -0.1) is 0 Å². The molecule has 0 aliphatic rings. The molecule has 0 bridgehead atoms. The summed E-state index contributed by atoms with van der Waals surface area (Å²) in [4.78, 5) is 38.7. The van der Waals surface area contributed by atoms with Gasteiger partial charge in [-0.3, -0.25) is 9.78 Å². The van der Waals surface area contributed by atoms with E-state index in [4.69, 9.17) is 9.47 Å². The number of H-pyrrole nitrogens is 1. The van der Waals surface area contributed by atoms with Crippen LogP contribution in [0.25, 0.3) is 33.3 Å². The minimum absolute atomic E-state index is 0.191. The zero-order valence-electron chi connectivity index (χ0n) is 21.6. The number of nitrogens with one attached hydrogen (secondary N) is 1. The van der Waals surface area contributed by atoms with Crippen molar-refractivity contribution in [1.82, 2.24) is 19.4 Å². The number of fused-ring (bicyclic) bond motifs is 1. The Morgan fingerprint density at radius 1 is 0.842 bits per heavy atom. The summed E-state index contributed by atoms with van der Waals surface area (Å²) in [6.07, 6.45) is 6.56. The zero-order chi connectivity index (χ0) is 26.9. The maximum atomic E-state index is 13.3. The van der Waals surface area contributed by atoms with E-state index >= 15 is 0 Å². The number of Topliss-reactive ketones (excluding diaryl/α,β-unsaturated/α-hetero) is 1. The SMILES string of the molecule is COc1ccccc1-c1c[nH]c2ncc(-c3cncc(C(=O)C(=O)[N+](C)(C)c4ccccc4)c3)c(OC)c12. The lowest BCUT2D eigenvalue weighted by Gasteiger charge is -2.25. The lowest BCUT2D eigenvalue weighted by molar-refractivity contribution is -0.123. The molecule has 190 valence electrons. The predicted octanol–water partition coefficient (Wildman–Crippen LogP) is 5.29. The Labute approximate surface area is 220 Å². The van der Waals surface area contributed by atoms with Crippen molar-refractivity contribution in [2.45, 2.75) is 0 Å². The van der Waals surface area contributed by atoms with Crippen molar-refractivity contribution in [1.29, 1.82) is 0 Å². The molecular formula is C30H27N4O4+. The van der Waals surface area contributed by atoms with Crippen molar-refractivity contribution in [3.8, 4) is 33.8 Å². The van der Waals surface area contributed by atoms with E-state index < -0.39 is 11.7 Å². The molecule has 3 heterocycles. The summed E-state index contributed by atoms with van der Waals surface area (Å²) in [5.41, 5.74) is 4.53. The van der Waals surface area contributed by atoms with Crippen LogP contribution in [0.5, 0.6) is 11.5 Å². The summed E-state index contributed by atoms with van der Waals surface area (Å²) in [5.74, 6) is 0.0837. The second-order valence-corrected chi connectivity index (χ2v) is 9.22. The fourth-order valence-electron chi connectivity index (χ4n) is 4.57. The van der Waals surface area contributed by atoms with Crippen LogP contribution >= 0.6 is 0 Å². The molecule has 0 aliphatic carbocycles. The van der Waals surface area contributed by atoms with Gasteiger partial charge in [0.1, 0.15) is 22.8 Å². The molecule has 0 spiro atoms. The number of likely N-dealkylation sites (N-methyl/N-ethyl adjacent to an activating group) is 1. The molecule has 38 heavy (non-hydrogen) atoms. The number of amides is 1. The van der Waals surface area contributed by atoms with Gasteiger partial charge >= 0.3 is 5.91 Å².